The molecule has 134 valence electrons. The molecule has 4 unspecified atom stereocenters. The summed E-state index contributed by atoms with van der Waals surface area (Å²) >= 11 is 0. The van der Waals surface area contributed by atoms with E-state index in [1.165, 1.54) is 0 Å². The van der Waals surface area contributed by atoms with Gasteiger partial charge in [0.25, 0.3) is 0 Å². The number of hydrogen-bond donors (Lipinski definition) is 2. The number of hydrogen-bond acceptors (Lipinski definition) is 2. The van der Waals surface area contributed by atoms with Crippen molar-refractivity contribution in [2.24, 2.45) is 34.5 Å². The molecule has 4 saturated carbocycles. The number of aliphatic hydroxyl groups excluding tert-OH is 1. The van der Waals surface area contributed by atoms with Crippen LogP contribution in [0.15, 0.2) is 0 Å². The van der Waals surface area contributed by atoms with Gasteiger partial charge in [0, 0.05) is 5.41 Å². The van der Waals surface area contributed by atoms with Crippen LogP contribution in [0.5, 0.6) is 0 Å². The predicted molar refractivity (Wildman–Crippen MR) is 91.8 cm³/mol. The second-order valence-corrected chi connectivity index (χ2v) is 9.66. The molecular formula is C21H31FO2. The van der Waals surface area contributed by atoms with Crippen LogP contribution in [-0.2, 0) is 0 Å². The average molecular weight is 334 g/mol. The Hall–Kier alpha value is -0.590. The lowest BCUT2D eigenvalue weighted by Crippen LogP contribution is -2.57. The van der Waals surface area contributed by atoms with Crippen LogP contribution in [0.4, 0.5) is 4.39 Å². The number of rotatable bonds is 0. The molecule has 0 amide bonds. The zero-order valence-corrected chi connectivity index (χ0v) is 15.0. The van der Waals surface area contributed by atoms with Crippen molar-refractivity contribution in [2.75, 3.05) is 0 Å². The minimum atomic E-state index is -1.59. The zero-order valence-electron chi connectivity index (χ0n) is 15.0. The summed E-state index contributed by atoms with van der Waals surface area (Å²) in [7, 11) is 0. The van der Waals surface area contributed by atoms with Gasteiger partial charge in [-0.25, -0.2) is 4.39 Å². The Balaban J connectivity index is 1.67. The Kier molecular flexibility index (Phi) is 3.66. The van der Waals surface area contributed by atoms with Crippen molar-refractivity contribution in [2.45, 2.75) is 83.1 Å². The first-order valence-electron chi connectivity index (χ1n) is 9.78. The Labute approximate surface area is 145 Å². The quantitative estimate of drug-likeness (QED) is 0.663. The lowest BCUT2D eigenvalue weighted by Gasteiger charge is -2.61. The zero-order chi connectivity index (χ0) is 17.3. The van der Waals surface area contributed by atoms with Crippen LogP contribution in [0.3, 0.4) is 0 Å². The topological polar surface area (TPSA) is 40.5 Å². The van der Waals surface area contributed by atoms with Crippen LogP contribution in [0.2, 0.25) is 0 Å². The fourth-order valence-electron chi connectivity index (χ4n) is 7.47. The summed E-state index contributed by atoms with van der Waals surface area (Å²) in [6.07, 6.45) is 11.6. The minimum absolute atomic E-state index is 0.137. The van der Waals surface area contributed by atoms with Gasteiger partial charge in [0.1, 0.15) is 6.17 Å². The monoisotopic (exact) mass is 334 g/mol. The van der Waals surface area contributed by atoms with Gasteiger partial charge >= 0.3 is 0 Å². The van der Waals surface area contributed by atoms with E-state index in [9.17, 15) is 14.6 Å². The summed E-state index contributed by atoms with van der Waals surface area (Å²) < 4.78 is 14.7. The van der Waals surface area contributed by atoms with Gasteiger partial charge in [-0.15, -0.1) is 6.42 Å². The molecule has 0 bridgehead atoms. The standard InChI is InChI=1S/C21H31FO2/c1-4-21(24)18(22)12-17-15-6-5-13-11-14(23)7-9-19(13,2)16(15)8-10-20(17,21)3/h1,13-18,23-24H,5-12H2,2-3H3/t13?,14?,15-,16-,17+,18?,19+,20+,21?/m1/s1. The predicted octanol–water partition coefficient (Wildman–Crippen LogP) is 3.70. The maximum Gasteiger partial charge on any atom is 0.161 e. The Morgan fingerprint density at radius 1 is 1.04 bits per heavy atom. The molecule has 0 aromatic heterocycles. The van der Waals surface area contributed by atoms with E-state index in [4.69, 9.17) is 6.42 Å². The van der Waals surface area contributed by atoms with E-state index in [1.54, 1.807) is 0 Å². The molecule has 24 heavy (non-hydrogen) atoms. The highest BCUT2D eigenvalue weighted by molar-refractivity contribution is 5.27. The van der Waals surface area contributed by atoms with Crippen molar-refractivity contribution in [1.29, 1.82) is 0 Å². The van der Waals surface area contributed by atoms with E-state index in [0.29, 0.717) is 24.2 Å². The SMILES string of the molecule is C#CC1(O)C(F)C[C@H]2[C@@H]3CCC4CC(O)CC[C@]4(C)[C@@H]3CC[C@@]21C. The van der Waals surface area contributed by atoms with Crippen LogP contribution in [0.1, 0.15) is 65.2 Å². The molecule has 2 nitrogen and oxygen atoms in total. The number of terminal acetylenes is 1. The van der Waals surface area contributed by atoms with Crippen LogP contribution >= 0.6 is 0 Å². The van der Waals surface area contributed by atoms with E-state index in [-0.39, 0.29) is 17.4 Å². The highest BCUT2D eigenvalue weighted by Gasteiger charge is 2.68. The molecule has 2 N–H and O–H groups in total. The molecule has 0 heterocycles. The lowest BCUT2D eigenvalue weighted by molar-refractivity contribution is -0.148. The molecule has 0 aromatic rings. The van der Waals surface area contributed by atoms with Crippen LogP contribution < -0.4 is 0 Å². The van der Waals surface area contributed by atoms with Gasteiger partial charge in [-0.3, -0.25) is 0 Å². The van der Waals surface area contributed by atoms with Gasteiger partial charge in [0.15, 0.2) is 5.60 Å². The molecule has 4 aliphatic carbocycles. The summed E-state index contributed by atoms with van der Waals surface area (Å²) in [5, 5.41) is 21.0. The van der Waals surface area contributed by atoms with Gasteiger partial charge in [0.05, 0.1) is 6.10 Å². The minimum Gasteiger partial charge on any atom is -0.393 e. The third-order valence-electron chi connectivity index (χ3n) is 9.03. The van der Waals surface area contributed by atoms with Crippen molar-refractivity contribution in [3.63, 3.8) is 0 Å². The van der Waals surface area contributed by atoms with E-state index < -0.39 is 17.2 Å². The average Bonchev–Trinajstić information content (AvgIpc) is 2.76. The third-order valence-corrected chi connectivity index (χ3v) is 9.03. The molecule has 9 atom stereocenters. The Morgan fingerprint density at radius 3 is 2.50 bits per heavy atom. The second-order valence-electron chi connectivity index (χ2n) is 9.66. The highest BCUT2D eigenvalue weighted by atomic mass is 19.1. The van der Waals surface area contributed by atoms with Crippen LogP contribution in [0, 0.1) is 46.8 Å². The largest absolute Gasteiger partial charge is 0.393 e. The van der Waals surface area contributed by atoms with Crippen molar-refractivity contribution < 1.29 is 14.6 Å². The first-order chi connectivity index (χ1) is 11.3. The molecule has 0 radical (unpaired) electrons. The summed E-state index contributed by atoms with van der Waals surface area (Å²) in [5.74, 6) is 4.30. The van der Waals surface area contributed by atoms with Crippen molar-refractivity contribution in [3.05, 3.63) is 0 Å². The highest BCUT2D eigenvalue weighted by Crippen LogP contribution is 2.68. The van der Waals surface area contributed by atoms with E-state index in [1.807, 2.05) is 6.92 Å². The summed E-state index contributed by atoms with van der Waals surface area (Å²) in [4.78, 5) is 0. The molecule has 0 spiro atoms. The number of alkyl halides is 1. The molecule has 3 heteroatoms. The molecular weight excluding hydrogens is 303 g/mol. The molecule has 0 saturated heterocycles. The van der Waals surface area contributed by atoms with E-state index in [2.05, 4.69) is 12.8 Å². The van der Waals surface area contributed by atoms with E-state index >= 15 is 0 Å². The van der Waals surface area contributed by atoms with Crippen LogP contribution in [0.25, 0.3) is 0 Å². The summed E-state index contributed by atoms with van der Waals surface area (Å²) in [6.45, 7) is 4.45. The lowest BCUT2D eigenvalue weighted by atomic mass is 9.44. The Bertz CT molecular complexity index is 571. The summed E-state index contributed by atoms with van der Waals surface area (Å²) in [5.41, 5.74) is -1.81. The first-order valence-corrected chi connectivity index (χ1v) is 9.78. The van der Waals surface area contributed by atoms with Crippen molar-refractivity contribution in [3.8, 4) is 12.3 Å². The Morgan fingerprint density at radius 2 is 1.79 bits per heavy atom. The molecule has 4 rings (SSSR count). The third kappa shape index (κ3) is 1.91. The van der Waals surface area contributed by atoms with Gasteiger partial charge in [0.2, 0.25) is 0 Å². The number of halogens is 1. The van der Waals surface area contributed by atoms with Crippen molar-refractivity contribution in [1.82, 2.24) is 0 Å². The van der Waals surface area contributed by atoms with Gasteiger partial charge in [-0.1, -0.05) is 19.8 Å². The molecule has 0 aromatic carbocycles. The number of aliphatic hydroxyl groups is 2. The maximum atomic E-state index is 14.7. The second kappa shape index (κ2) is 5.21. The number of fused-ring (bicyclic) bond motifs is 5. The van der Waals surface area contributed by atoms with Gasteiger partial charge < -0.3 is 10.2 Å². The normalized spacial score (nSPS) is 59.8. The van der Waals surface area contributed by atoms with Crippen LogP contribution in [-0.4, -0.2) is 28.1 Å². The fraction of sp³-hybridized carbons (Fsp3) is 0.905. The summed E-state index contributed by atoms with van der Waals surface area (Å²) in [6, 6.07) is 0. The smallest absolute Gasteiger partial charge is 0.161 e. The first kappa shape index (κ1) is 16.9. The molecule has 0 aliphatic heterocycles. The van der Waals surface area contributed by atoms with Gasteiger partial charge in [-0.2, -0.15) is 0 Å². The van der Waals surface area contributed by atoms with E-state index in [0.717, 1.165) is 44.9 Å². The fourth-order valence-corrected chi connectivity index (χ4v) is 7.47. The molecule has 4 fully saturated rings. The maximum absolute atomic E-state index is 14.7. The van der Waals surface area contributed by atoms with Gasteiger partial charge in [-0.05, 0) is 80.5 Å². The van der Waals surface area contributed by atoms with Crippen molar-refractivity contribution >= 4 is 0 Å². The molecule has 4 aliphatic rings.